The standard InChI is InChI=1S/C14H20N2O4S/c1-10-5-11-12(20-9-19-11)6-13(10)21(17,18)16-4-3-14(2,7-15)8-16/h5-6H,3-4,7-9,15H2,1-2H3. The molecule has 6 nitrogen and oxygen atoms in total. The second-order valence-electron chi connectivity index (χ2n) is 6.07. The Hall–Kier alpha value is -1.31. The molecule has 2 aliphatic rings. The van der Waals surface area contributed by atoms with Gasteiger partial charge in [-0.2, -0.15) is 4.31 Å². The first-order valence-electron chi connectivity index (χ1n) is 6.96. The van der Waals surface area contributed by atoms with Gasteiger partial charge in [-0.3, -0.25) is 0 Å². The lowest BCUT2D eigenvalue weighted by Gasteiger charge is -2.23. The summed E-state index contributed by atoms with van der Waals surface area (Å²) in [6.07, 6.45) is 0.784. The molecular formula is C14H20N2O4S. The highest BCUT2D eigenvalue weighted by atomic mass is 32.2. The van der Waals surface area contributed by atoms with Gasteiger partial charge in [-0.05, 0) is 36.9 Å². The minimum atomic E-state index is -3.53. The minimum Gasteiger partial charge on any atom is -0.454 e. The van der Waals surface area contributed by atoms with Crippen LogP contribution in [0.4, 0.5) is 0 Å². The van der Waals surface area contributed by atoms with Gasteiger partial charge in [0.15, 0.2) is 11.5 Å². The van der Waals surface area contributed by atoms with Gasteiger partial charge in [0.1, 0.15) is 0 Å². The van der Waals surface area contributed by atoms with E-state index in [1.807, 2.05) is 6.92 Å². The number of hydrogen-bond donors (Lipinski definition) is 1. The van der Waals surface area contributed by atoms with E-state index in [0.717, 1.165) is 6.42 Å². The largest absolute Gasteiger partial charge is 0.454 e. The van der Waals surface area contributed by atoms with Crippen LogP contribution < -0.4 is 15.2 Å². The summed E-state index contributed by atoms with van der Waals surface area (Å²) >= 11 is 0. The molecule has 0 saturated carbocycles. The molecule has 1 unspecified atom stereocenters. The third-order valence-electron chi connectivity index (χ3n) is 4.30. The first-order chi connectivity index (χ1) is 9.86. The van der Waals surface area contributed by atoms with Crippen molar-refractivity contribution in [2.45, 2.75) is 25.2 Å². The van der Waals surface area contributed by atoms with Gasteiger partial charge < -0.3 is 15.2 Å². The summed E-state index contributed by atoms with van der Waals surface area (Å²) in [5.74, 6) is 1.08. The molecule has 0 radical (unpaired) electrons. The number of nitrogens with two attached hydrogens (primary N) is 1. The average Bonchev–Trinajstić information content (AvgIpc) is 3.04. The molecule has 0 bridgehead atoms. The van der Waals surface area contributed by atoms with Crippen LogP contribution in [0.2, 0.25) is 0 Å². The fraction of sp³-hybridized carbons (Fsp3) is 0.571. The summed E-state index contributed by atoms with van der Waals surface area (Å²) in [5, 5.41) is 0. The molecule has 1 saturated heterocycles. The topological polar surface area (TPSA) is 81.9 Å². The summed E-state index contributed by atoms with van der Waals surface area (Å²) in [6, 6.07) is 3.28. The molecule has 1 aromatic carbocycles. The van der Waals surface area contributed by atoms with Gasteiger partial charge in [0.05, 0.1) is 4.90 Å². The Balaban J connectivity index is 1.96. The van der Waals surface area contributed by atoms with Gasteiger partial charge in [0, 0.05) is 19.2 Å². The van der Waals surface area contributed by atoms with E-state index in [9.17, 15) is 8.42 Å². The molecule has 0 spiro atoms. The summed E-state index contributed by atoms with van der Waals surface area (Å²) in [5.41, 5.74) is 6.28. The molecule has 0 amide bonds. The Morgan fingerprint density at radius 1 is 1.33 bits per heavy atom. The monoisotopic (exact) mass is 312 g/mol. The van der Waals surface area contributed by atoms with E-state index in [2.05, 4.69) is 0 Å². The lowest BCUT2D eigenvalue weighted by Crippen LogP contribution is -2.34. The van der Waals surface area contributed by atoms with Crippen molar-refractivity contribution in [2.24, 2.45) is 11.1 Å². The molecule has 7 heteroatoms. The summed E-state index contributed by atoms with van der Waals surface area (Å²) < 4.78 is 37.8. The zero-order chi connectivity index (χ0) is 15.3. The molecule has 1 atom stereocenters. The van der Waals surface area contributed by atoms with Crippen molar-refractivity contribution in [3.63, 3.8) is 0 Å². The SMILES string of the molecule is Cc1cc2c(cc1S(=O)(=O)N1CCC(C)(CN)C1)OCO2. The zero-order valence-corrected chi connectivity index (χ0v) is 13.1. The maximum atomic E-state index is 12.8. The number of nitrogens with zero attached hydrogens (tertiary/aromatic N) is 1. The summed E-state index contributed by atoms with van der Waals surface area (Å²) in [4.78, 5) is 0.285. The van der Waals surface area contributed by atoms with Crippen LogP contribution in [-0.2, 0) is 10.0 Å². The van der Waals surface area contributed by atoms with E-state index >= 15 is 0 Å². The van der Waals surface area contributed by atoms with E-state index in [-0.39, 0.29) is 17.1 Å². The number of fused-ring (bicyclic) bond motifs is 1. The van der Waals surface area contributed by atoms with Crippen molar-refractivity contribution in [3.8, 4) is 11.5 Å². The molecule has 1 aromatic rings. The Labute approximate surface area is 124 Å². The maximum Gasteiger partial charge on any atom is 0.243 e. The van der Waals surface area contributed by atoms with Gasteiger partial charge in [0.25, 0.3) is 0 Å². The van der Waals surface area contributed by atoms with Gasteiger partial charge >= 0.3 is 0 Å². The number of aryl methyl sites for hydroxylation is 1. The molecule has 2 N–H and O–H groups in total. The fourth-order valence-corrected chi connectivity index (χ4v) is 4.61. The normalized spacial score (nSPS) is 25.5. The van der Waals surface area contributed by atoms with E-state index in [0.29, 0.717) is 36.7 Å². The molecule has 3 rings (SSSR count). The Bertz CT molecular complexity index is 674. The predicted molar refractivity (Wildman–Crippen MR) is 77.8 cm³/mol. The van der Waals surface area contributed by atoms with Crippen molar-refractivity contribution in [3.05, 3.63) is 17.7 Å². The molecule has 2 heterocycles. The summed E-state index contributed by atoms with van der Waals surface area (Å²) in [7, 11) is -3.53. The van der Waals surface area contributed by atoms with Crippen LogP contribution in [0.1, 0.15) is 18.9 Å². The number of benzene rings is 1. The van der Waals surface area contributed by atoms with Gasteiger partial charge in [-0.15, -0.1) is 0 Å². The summed E-state index contributed by atoms with van der Waals surface area (Å²) in [6.45, 7) is 5.37. The van der Waals surface area contributed by atoms with E-state index in [4.69, 9.17) is 15.2 Å². The van der Waals surface area contributed by atoms with Crippen molar-refractivity contribution in [1.82, 2.24) is 4.31 Å². The minimum absolute atomic E-state index is 0.132. The maximum absolute atomic E-state index is 12.8. The van der Waals surface area contributed by atoms with Crippen LogP contribution in [0.5, 0.6) is 11.5 Å². The third kappa shape index (κ3) is 2.39. The van der Waals surface area contributed by atoms with E-state index in [1.54, 1.807) is 19.1 Å². The van der Waals surface area contributed by atoms with Gasteiger partial charge in [0.2, 0.25) is 16.8 Å². The second kappa shape index (κ2) is 4.86. The Kier molecular flexibility index (Phi) is 3.38. The molecule has 0 aliphatic carbocycles. The molecule has 0 aromatic heterocycles. The van der Waals surface area contributed by atoms with Gasteiger partial charge in [-0.1, -0.05) is 6.92 Å². The zero-order valence-electron chi connectivity index (χ0n) is 12.3. The van der Waals surface area contributed by atoms with Crippen molar-refractivity contribution in [2.75, 3.05) is 26.4 Å². The number of sulfonamides is 1. The first-order valence-corrected chi connectivity index (χ1v) is 8.40. The van der Waals surface area contributed by atoms with Crippen LogP contribution >= 0.6 is 0 Å². The molecular weight excluding hydrogens is 292 g/mol. The van der Waals surface area contributed by atoms with Crippen LogP contribution in [-0.4, -0.2) is 39.2 Å². The van der Waals surface area contributed by atoms with Crippen LogP contribution in [0, 0.1) is 12.3 Å². The average molecular weight is 312 g/mol. The quantitative estimate of drug-likeness (QED) is 0.903. The van der Waals surface area contributed by atoms with Crippen LogP contribution in [0.25, 0.3) is 0 Å². The predicted octanol–water partition coefficient (Wildman–Crippen LogP) is 1.08. The van der Waals surface area contributed by atoms with E-state index in [1.165, 1.54) is 4.31 Å². The Morgan fingerprint density at radius 3 is 2.62 bits per heavy atom. The van der Waals surface area contributed by atoms with Crippen LogP contribution in [0.15, 0.2) is 17.0 Å². The smallest absolute Gasteiger partial charge is 0.243 e. The van der Waals surface area contributed by atoms with Crippen molar-refractivity contribution in [1.29, 1.82) is 0 Å². The number of hydrogen-bond acceptors (Lipinski definition) is 5. The Morgan fingerprint density at radius 2 is 2.00 bits per heavy atom. The molecule has 21 heavy (non-hydrogen) atoms. The fourth-order valence-electron chi connectivity index (χ4n) is 2.79. The first kappa shape index (κ1) is 14.6. The highest BCUT2D eigenvalue weighted by molar-refractivity contribution is 7.89. The van der Waals surface area contributed by atoms with E-state index < -0.39 is 10.0 Å². The highest BCUT2D eigenvalue weighted by Gasteiger charge is 2.40. The lowest BCUT2D eigenvalue weighted by atomic mass is 9.90. The lowest BCUT2D eigenvalue weighted by molar-refractivity contribution is 0.174. The van der Waals surface area contributed by atoms with Crippen molar-refractivity contribution >= 4 is 10.0 Å². The van der Waals surface area contributed by atoms with Gasteiger partial charge in [-0.25, -0.2) is 8.42 Å². The molecule has 1 fully saturated rings. The molecule has 116 valence electrons. The molecule has 2 aliphatic heterocycles. The highest BCUT2D eigenvalue weighted by Crippen LogP contribution is 2.39. The third-order valence-corrected chi connectivity index (χ3v) is 6.29. The number of ether oxygens (including phenoxy) is 2. The number of rotatable bonds is 3. The van der Waals surface area contributed by atoms with Crippen molar-refractivity contribution < 1.29 is 17.9 Å². The van der Waals surface area contributed by atoms with Crippen LogP contribution in [0.3, 0.4) is 0 Å². The second-order valence-corrected chi connectivity index (χ2v) is 7.98.